The van der Waals surface area contributed by atoms with E-state index in [9.17, 15) is 17.2 Å². The Bertz CT molecular complexity index is 1290. The molecule has 3 aromatic rings. The number of sulfonamides is 1. The van der Waals surface area contributed by atoms with Crippen LogP contribution in [0.25, 0.3) is 11.5 Å². The van der Waals surface area contributed by atoms with Crippen molar-refractivity contribution < 1.29 is 26.7 Å². The lowest BCUT2D eigenvalue weighted by atomic mass is 10.2. The lowest BCUT2D eigenvalue weighted by Gasteiger charge is -2.22. The molecule has 1 aliphatic rings. The van der Waals surface area contributed by atoms with Crippen molar-refractivity contribution >= 4 is 27.6 Å². The second kappa shape index (κ2) is 9.00. The van der Waals surface area contributed by atoms with Crippen LogP contribution in [0.2, 0.25) is 5.02 Å². The molecule has 0 saturated heterocycles. The van der Waals surface area contributed by atoms with E-state index in [0.717, 1.165) is 4.57 Å². The predicted molar refractivity (Wildman–Crippen MR) is 117 cm³/mol. The second-order valence-corrected chi connectivity index (χ2v) is 10.0. The molecule has 0 spiro atoms. The quantitative estimate of drug-likeness (QED) is 0.456. The van der Waals surface area contributed by atoms with Crippen LogP contribution >= 0.6 is 11.6 Å². The number of anilines is 1. The Morgan fingerprint density at radius 1 is 1.24 bits per heavy atom. The molecule has 3 aromatic heterocycles. The third kappa shape index (κ3) is 4.65. The highest BCUT2D eigenvalue weighted by atomic mass is 35.5. The van der Waals surface area contributed by atoms with Gasteiger partial charge in [0.15, 0.2) is 11.6 Å². The monoisotopic (exact) mass is 515 g/mol. The van der Waals surface area contributed by atoms with E-state index >= 15 is 0 Å². The molecule has 11 nitrogen and oxygen atoms in total. The molecule has 0 bridgehead atoms. The van der Waals surface area contributed by atoms with E-state index in [0.29, 0.717) is 0 Å². The Balaban J connectivity index is 1.69. The fourth-order valence-corrected chi connectivity index (χ4v) is 4.56. The third-order valence-electron chi connectivity index (χ3n) is 5.26. The van der Waals surface area contributed by atoms with Crippen molar-refractivity contribution in [3.05, 3.63) is 41.4 Å². The molecule has 1 N–H and O–H groups in total. The molecule has 4 rings (SSSR count). The Labute approximate surface area is 198 Å². The second-order valence-electron chi connectivity index (χ2n) is 7.53. The van der Waals surface area contributed by atoms with Crippen LogP contribution in [0.1, 0.15) is 31.3 Å². The van der Waals surface area contributed by atoms with E-state index in [1.165, 1.54) is 39.6 Å². The Morgan fingerprint density at radius 2 is 1.91 bits per heavy atom. The van der Waals surface area contributed by atoms with Gasteiger partial charge in [-0.2, -0.15) is 0 Å². The van der Waals surface area contributed by atoms with Gasteiger partial charge in [0.25, 0.3) is 5.92 Å². The maximum Gasteiger partial charge on any atom is 0.271 e. The number of aromatic nitrogens is 6. The lowest BCUT2D eigenvalue weighted by molar-refractivity contribution is 0.0949. The van der Waals surface area contributed by atoms with E-state index in [-0.39, 0.29) is 34.2 Å². The SMILES string of the molecule is COc1cccc(-c2nnc(NS(=O)(=O)[C@@H](C)[C@H](OC)c3ncc(Cl)cn3)n2[C@H]2CC2(F)F)n1. The number of hydrogen-bond acceptors (Lipinski definition) is 9. The molecule has 15 heteroatoms. The van der Waals surface area contributed by atoms with Gasteiger partial charge in [-0.1, -0.05) is 17.7 Å². The summed E-state index contributed by atoms with van der Waals surface area (Å²) in [6, 6.07) is 3.37. The fraction of sp³-hybridized carbons (Fsp3) is 0.421. The van der Waals surface area contributed by atoms with Crippen LogP contribution in [0.5, 0.6) is 5.88 Å². The van der Waals surface area contributed by atoms with Gasteiger partial charge >= 0.3 is 0 Å². The topological polar surface area (TPSA) is 134 Å². The van der Waals surface area contributed by atoms with E-state index in [2.05, 4.69) is 29.9 Å². The molecular formula is C19H20ClF2N7O4S. The van der Waals surface area contributed by atoms with Crippen molar-refractivity contribution in [3.8, 4) is 17.4 Å². The summed E-state index contributed by atoms with van der Waals surface area (Å²) in [5.74, 6) is -3.14. The van der Waals surface area contributed by atoms with Crippen molar-refractivity contribution in [1.29, 1.82) is 0 Å². The van der Waals surface area contributed by atoms with Crippen molar-refractivity contribution in [2.24, 2.45) is 0 Å². The van der Waals surface area contributed by atoms with Gasteiger partial charge in [-0.25, -0.2) is 32.2 Å². The fourth-order valence-electron chi connectivity index (χ4n) is 3.32. The average molecular weight is 516 g/mol. The van der Waals surface area contributed by atoms with Crippen molar-refractivity contribution in [2.45, 2.75) is 36.7 Å². The molecule has 0 radical (unpaired) electrons. The molecule has 1 aliphatic carbocycles. The Kier molecular flexibility index (Phi) is 6.40. The summed E-state index contributed by atoms with van der Waals surface area (Å²) in [6.07, 6.45) is 1.04. The summed E-state index contributed by atoms with van der Waals surface area (Å²) in [6.45, 7) is 1.37. The molecule has 182 valence electrons. The molecule has 0 aliphatic heterocycles. The van der Waals surface area contributed by atoms with Crippen molar-refractivity contribution in [2.75, 3.05) is 18.9 Å². The molecule has 0 amide bonds. The summed E-state index contributed by atoms with van der Waals surface area (Å²) < 4.78 is 68.2. The number of rotatable bonds is 9. The zero-order valence-corrected chi connectivity index (χ0v) is 19.8. The number of methoxy groups -OCH3 is 2. The average Bonchev–Trinajstić information content (AvgIpc) is 3.24. The van der Waals surface area contributed by atoms with Crippen LogP contribution in [0, 0.1) is 0 Å². The first kappa shape index (κ1) is 24.2. The molecule has 3 heterocycles. The number of ether oxygens (including phenoxy) is 2. The van der Waals surface area contributed by atoms with Crippen LogP contribution in [-0.4, -0.2) is 63.5 Å². The summed E-state index contributed by atoms with van der Waals surface area (Å²) in [5.41, 5.74) is 0.192. The number of nitrogens with zero attached hydrogens (tertiary/aromatic N) is 6. The number of hydrogen-bond donors (Lipinski definition) is 1. The number of nitrogens with one attached hydrogen (secondary N) is 1. The van der Waals surface area contributed by atoms with Gasteiger partial charge in [0.2, 0.25) is 21.9 Å². The van der Waals surface area contributed by atoms with Crippen LogP contribution in [0.4, 0.5) is 14.7 Å². The van der Waals surface area contributed by atoms with Crippen molar-refractivity contribution in [3.63, 3.8) is 0 Å². The molecule has 1 saturated carbocycles. The zero-order chi connectivity index (χ0) is 24.7. The van der Waals surface area contributed by atoms with Gasteiger partial charge in [0, 0.05) is 32.0 Å². The first-order valence-corrected chi connectivity index (χ1v) is 11.9. The largest absolute Gasteiger partial charge is 0.481 e. The summed E-state index contributed by atoms with van der Waals surface area (Å²) in [4.78, 5) is 12.2. The van der Waals surface area contributed by atoms with E-state index in [1.54, 1.807) is 12.1 Å². The first-order valence-electron chi connectivity index (χ1n) is 9.93. The molecular weight excluding hydrogens is 496 g/mol. The summed E-state index contributed by atoms with van der Waals surface area (Å²) in [5, 5.41) is 6.79. The normalized spacial score (nSPS) is 18.8. The van der Waals surface area contributed by atoms with E-state index < -0.39 is 39.8 Å². The molecule has 34 heavy (non-hydrogen) atoms. The van der Waals surface area contributed by atoms with Gasteiger partial charge in [0.1, 0.15) is 23.1 Å². The first-order chi connectivity index (χ1) is 16.1. The molecule has 0 unspecified atom stereocenters. The van der Waals surface area contributed by atoms with E-state index in [4.69, 9.17) is 21.1 Å². The van der Waals surface area contributed by atoms with Crippen LogP contribution in [0.15, 0.2) is 30.6 Å². The zero-order valence-electron chi connectivity index (χ0n) is 18.2. The Morgan fingerprint density at radius 3 is 2.50 bits per heavy atom. The molecule has 3 atom stereocenters. The van der Waals surface area contributed by atoms with Crippen molar-refractivity contribution in [1.82, 2.24) is 29.7 Å². The maximum absolute atomic E-state index is 14.1. The van der Waals surface area contributed by atoms with Crippen LogP contribution in [0.3, 0.4) is 0 Å². The van der Waals surface area contributed by atoms with Gasteiger partial charge in [-0.3, -0.25) is 9.29 Å². The van der Waals surface area contributed by atoms with E-state index in [1.807, 2.05) is 0 Å². The maximum atomic E-state index is 14.1. The van der Waals surface area contributed by atoms with Gasteiger partial charge in [-0.15, -0.1) is 10.2 Å². The third-order valence-corrected chi connectivity index (χ3v) is 7.15. The highest BCUT2D eigenvalue weighted by Gasteiger charge is 2.60. The summed E-state index contributed by atoms with van der Waals surface area (Å²) >= 11 is 5.80. The standard InChI is InChI=1S/C19H20ClF2N7O4S/c1-10(15(33-3)16-23-8-11(20)9-24-16)34(30,31)28-18-27-26-17(29(18)13-7-19(13,21)22)12-5-4-6-14(25-12)32-2/h4-6,8-10,13,15H,7H2,1-3H3,(H,27,28)/t10-,13-,15-/m0/s1. The highest BCUT2D eigenvalue weighted by Crippen LogP contribution is 2.54. The van der Waals surface area contributed by atoms with Gasteiger partial charge in [0.05, 0.1) is 12.1 Å². The minimum atomic E-state index is -4.23. The van der Waals surface area contributed by atoms with Gasteiger partial charge < -0.3 is 9.47 Å². The smallest absolute Gasteiger partial charge is 0.271 e. The Hall–Kier alpha value is -2.97. The number of pyridine rings is 1. The lowest BCUT2D eigenvalue weighted by Crippen LogP contribution is -2.33. The minimum Gasteiger partial charge on any atom is -0.481 e. The summed E-state index contributed by atoms with van der Waals surface area (Å²) in [7, 11) is -1.53. The number of alkyl halides is 2. The predicted octanol–water partition coefficient (Wildman–Crippen LogP) is 2.89. The molecule has 1 fully saturated rings. The van der Waals surface area contributed by atoms with Gasteiger partial charge in [-0.05, 0) is 13.0 Å². The van der Waals surface area contributed by atoms with Crippen LogP contribution < -0.4 is 9.46 Å². The highest BCUT2D eigenvalue weighted by molar-refractivity contribution is 7.93. The molecule has 0 aromatic carbocycles. The van der Waals surface area contributed by atoms with Crippen LogP contribution in [-0.2, 0) is 14.8 Å². The number of halogens is 3. The minimum absolute atomic E-state index is 0.0317.